The maximum Gasteiger partial charge on any atom is 0.251 e. The number of H-pyrrole nitrogens is 1. The Labute approximate surface area is 112 Å². The molecular weight excluding hydrogens is 240 g/mol. The fraction of sp³-hybridized carbons (Fsp3) is 0.400. The second kappa shape index (κ2) is 5.05. The molecule has 100 valence electrons. The van der Waals surface area contributed by atoms with Gasteiger partial charge in [0, 0.05) is 35.8 Å². The number of aromatic nitrogens is 1. The number of carbonyl (C=O) groups excluding carboxylic acids is 1. The molecule has 1 heterocycles. The molecule has 0 spiro atoms. The number of hydrogen-bond acceptors (Lipinski definition) is 2. The Hall–Kier alpha value is -1.81. The fourth-order valence-corrected chi connectivity index (χ4v) is 2.75. The summed E-state index contributed by atoms with van der Waals surface area (Å²) in [6, 6.07) is 7.93. The van der Waals surface area contributed by atoms with Crippen molar-refractivity contribution in [3.8, 4) is 0 Å². The molecule has 4 heteroatoms. The molecule has 2 atom stereocenters. The van der Waals surface area contributed by atoms with Gasteiger partial charge in [-0.15, -0.1) is 0 Å². The molecule has 1 amide bonds. The summed E-state index contributed by atoms with van der Waals surface area (Å²) in [4.78, 5) is 15.3. The molecule has 1 aliphatic carbocycles. The molecule has 0 bridgehead atoms. The van der Waals surface area contributed by atoms with Gasteiger partial charge in [0.2, 0.25) is 0 Å². The van der Waals surface area contributed by atoms with E-state index in [-0.39, 0.29) is 18.1 Å². The predicted octanol–water partition coefficient (Wildman–Crippen LogP) is 2.47. The normalized spacial score (nSPS) is 22.8. The zero-order valence-electron chi connectivity index (χ0n) is 11.0. The number of aromatic amines is 1. The van der Waals surface area contributed by atoms with Gasteiger partial charge in [0.25, 0.3) is 5.91 Å². The number of amides is 1. The summed E-state index contributed by atoms with van der Waals surface area (Å²) in [5.41, 5.74) is 1.77. The molecular formula is C15H18N2O2. The van der Waals surface area contributed by atoms with E-state index in [1.165, 1.54) is 0 Å². The van der Waals surface area contributed by atoms with E-state index in [0.29, 0.717) is 5.56 Å². The maximum absolute atomic E-state index is 12.2. The molecule has 1 saturated carbocycles. The molecule has 1 aromatic carbocycles. The van der Waals surface area contributed by atoms with Gasteiger partial charge in [-0.1, -0.05) is 0 Å². The minimum Gasteiger partial charge on any atom is -0.381 e. The molecule has 19 heavy (non-hydrogen) atoms. The first-order chi connectivity index (χ1) is 9.26. The Morgan fingerprint density at radius 3 is 3.05 bits per heavy atom. The first-order valence-electron chi connectivity index (χ1n) is 6.67. The van der Waals surface area contributed by atoms with E-state index in [1.807, 2.05) is 30.5 Å². The van der Waals surface area contributed by atoms with Crippen LogP contribution in [0.25, 0.3) is 10.9 Å². The van der Waals surface area contributed by atoms with Crippen LogP contribution in [-0.4, -0.2) is 30.1 Å². The Balaban J connectivity index is 1.69. The van der Waals surface area contributed by atoms with E-state index in [0.717, 1.165) is 30.2 Å². The molecule has 3 rings (SSSR count). The molecule has 1 fully saturated rings. The number of rotatable bonds is 3. The topological polar surface area (TPSA) is 54.1 Å². The maximum atomic E-state index is 12.2. The molecule has 2 aromatic rings. The number of carbonyl (C=O) groups is 1. The number of benzene rings is 1. The lowest BCUT2D eigenvalue weighted by atomic mass is 10.1. The molecule has 2 N–H and O–H groups in total. The second-order valence-electron chi connectivity index (χ2n) is 5.12. The largest absolute Gasteiger partial charge is 0.381 e. The third-order valence-corrected chi connectivity index (χ3v) is 3.87. The summed E-state index contributed by atoms with van der Waals surface area (Å²) in [6.07, 6.45) is 5.10. The lowest BCUT2D eigenvalue weighted by Crippen LogP contribution is -2.33. The van der Waals surface area contributed by atoms with Gasteiger partial charge in [0.05, 0.1) is 6.10 Å². The first-order valence-corrected chi connectivity index (χ1v) is 6.67. The van der Waals surface area contributed by atoms with Crippen LogP contribution in [0.5, 0.6) is 0 Å². The van der Waals surface area contributed by atoms with Crippen LogP contribution in [0.3, 0.4) is 0 Å². The lowest BCUT2D eigenvalue weighted by molar-refractivity contribution is 0.0915. The quantitative estimate of drug-likeness (QED) is 0.888. The smallest absolute Gasteiger partial charge is 0.251 e. The number of nitrogens with one attached hydrogen (secondary N) is 2. The lowest BCUT2D eigenvalue weighted by Gasteiger charge is -2.13. The van der Waals surface area contributed by atoms with Crippen molar-refractivity contribution in [3.05, 3.63) is 36.0 Å². The van der Waals surface area contributed by atoms with Gasteiger partial charge in [-0.3, -0.25) is 4.79 Å². The number of ether oxygens (including phenoxy) is 1. The number of methoxy groups -OCH3 is 1. The van der Waals surface area contributed by atoms with E-state index in [1.54, 1.807) is 7.11 Å². The van der Waals surface area contributed by atoms with E-state index in [9.17, 15) is 4.79 Å². The van der Waals surface area contributed by atoms with Gasteiger partial charge in [0.1, 0.15) is 0 Å². The summed E-state index contributed by atoms with van der Waals surface area (Å²) in [5, 5.41) is 4.15. The summed E-state index contributed by atoms with van der Waals surface area (Å²) < 4.78 is 5.32. The summed E-state index contributed by atoms with van der Waals surface area (Å²) in [5.74, 6) is 0.00449. The molecule has 0 saturated heterocycles. The highest BCUT2D eigenvalue weighted by Gasteiger charge is 2.25. The van der Waals surface area contributed by atoms with Crippen molar-refractivity contribution < 1.29 is 9.53 Å². The minimum absolute atomic E-state index is 0.00449. The van der Waals surface area contributed by atoms with Crippen LogP contribution < -0.4 is 5.32 Å². The highest BCUT2D eigenvalue weighted by atomic mass is 16.5. The SMILES string of the molecule is COC1CCC(NC(=O)c2ccc3[nH]ccc3c2)C1. The van der Waals surface area contributed by atoms with E-state index in [4.69, 9.17) is 4.74 Å². The van der Waals surface area contributed by atoms with Gasteiger partial charge in [-0.25, -0.2) is 0 Å². The van der Waals surface area contributed by atoms with E-state index in [2.05, 4.69) is 10.3 Å². The molecule has 1 aromatic heterocycles. The third kappa shape index (κ3) is 2.49. The van der Waals surface area contributed by atoms with E-state index >= 15 is 0 Å². The molecule has 4 nitrogen and oxygen atoms in total. The van der Waals surface area contributed by atoms with Crippen molar-refractivity contribution in [2.24, 2.45) is 0 Å². The van der Waals surface area contributed by atoms with Gasteiger partial charge in [-0.2, -0.15) is 0 Å². The van der Waals surface area contributed by atoms with Crippen LogP contribution in [0.4, 0.5) is 0 Å². The zero-order chi connectivity index (χ0) is 13.2. The molecule has 1 aliphatic rings. The third-order valence-electron chi connectivity index (χ3n) is 3.87. The van der Waals surface area contributed by atoms with Gasteiger partial charge < -0.3 is 15.0 Å². The van der Waals surface area contributed by atoms with Crippen molar-refractivity contribution in [2.75, 3.05) is 7.11 Å². The monoisotopic (exact) mass is 258 g/mol. The fourth-order valence-electron chi connectivity index (χ4n) is 2.75. The molecule has 0 radical (unpaired) electrons. The summed E-state index contributed by atoms with van der Waals surface area (Å²) >= 11 is 0. The van der Waals surface area contributed by atoms with Crippen LogP contribution in [0.15, 0.2) is 30.5 Å². The van der Waals surface area contributed by atoms with Crippen LogP contribution in [0, 0.1) is 0 Å². The minimum atomic E-state index is 0.00449. The summed E-state index contributed by atoms with van der Waals surface area (Å²) in [6.45, 7) is 0. The molecule has 0 aliphatic heterocycles. The Bertz CT molecular complexity index is 591. The highest BCUT2D eigenvalue weighted by molar-refractivity contribution is 5.98. The Morgan fingerprint density at radius 2 is 2.26 bits per heavy atom. The standard InChI is InChI=1S/C15H18N2O2/c1-19-13-4-3-12(9-13)17-15(18)11-2-5-14-10(8-11)6-7-16-14/h2,5-8,12-13,16H,3-4,9H2,1H3,(H,17,18). The van der Waals surface area contributed by atoms with Crippen molar-refractivity contribution in [2.45, 2.75) is 31.4 Å². The van der Waals surface area contributed by atoms with E-state index < -0.39 is 0 Å². The van der Waals surface area contributed by atoms with Crippen molar-refractivity contribution in [1.82, 2.24) is 10.3 Å². The van der Waals surface area contributed by atoms with Crippen LogP contribution in [-0.2, 0) is 4.74 Å². The second-order valence-corrected chi connectivity index (χ2v) is 5.12. The number of fused-ring (bicyclic) bond motifs is 1. The predicted molar refractivity (Wildman–Crippen MR) is 74.2 cm³/mol. The van der Waals surface area contributed by atoms with Gasteiger partial charge in [0.15, 0.2) is 0 Å². The van der Waals surface area contributed by atoms with Gasteiger partial charge in [-0.05, 0) is 43.5 Å². The first kappa shape index (κ1) is 12.2. The van der Waals surface area contributed by atoms with Crippen molar-refractivity contribution in [3.63, 3.8) is 0 Å². The van der Waals surface area contributed by atoms with Crippen molar-refractivity contribution in [1.29, 1.82) is 0 Å². The Kier molecular flexibility index (Phi) is 3.25. The van der Waals surface area contributed by atoms with Crippen molar-refractivity contribution >= 4 is 16.8 Å². The van der Waals surface area contributed by atoms with Crippen LogP contribution >= 0.6 is 0 Å². The van der Waals surface area contributed by atoms with Crippen LogP contribution in [0.1, 0.15) is 29.6 Å². The molecule has 2 unspecified atom stereocenters. The average Bonchev–Trinajstić information content (AvgIpc) is 3.05. The Morgan fingerprint density at radius 1 is 1.37 bits per heavy atom. The zero-order valence-corrected chi connectivity index (χ0v) is 11.0. The average molecular weight is 258 g/mol. The number of hydrogen-bond donors (Lipinski definition) is 2. The summed E-state index contributed by atoms with van der Waals surface area (Å²) in [7, 11) is 1.73. The van der Waals surface area contributed by atoms with Gasteiger partial charge >= 0.3 is 0 Å². The highest BCUT2D eigenvalue weighted by Crippen LogP contribution is 2.22. The van der Waals surface area contributed by atoms with Crippen LogP contribution in [0.2, 0.25) is 0 Å².